The molecule has 0 unspecified atom stereocenters. The van der Waals surface area contributed by atoms with Crippen LogP contribution in [-0.4, -0.2) is 56.6 Å². The summed E-state index contributed by atoms with van der Waals surface area (Å²) in [6.07, 6.45) is 3.09. The topological polar surface area (TPSA) is 61.9 Å². The Morgan fingerprint density at radius 1 is 1.26 bits per heavy atom. The Labute approximate surface area is 136 Å². The van der Waals surface area contributed by atoms with Crippen molar-refractivity contribution in [2.75, 3.05) is 50.1 Å². The van der Waals surface area contributed by atoms with Gasteiger partial charge in [-0.05, 0) is 37.3 Å². The maximum atomic E-state index is 12.0. The molecule has 0 radical (unpaired) electrons. The second-order valence-electron chi connectivity index (χ2n) is 5.39. The molecule has 0 bridgehead atoms. The lowest BCUT2D eigenvalue weighted by Crippen LogP contribution is -2.36. The highest BCUT2D eigenvalue weighted by molar-refractivity contribution is 5.96. The largest absolute Gasteiger partial charge is 0.378 e. The Morgan fingerprint density at radius 3 is 2.52 bits per heavy atom. The molecule has 2 rings (SSSR count). The molecule has 1 aliphatic rings. The number of hydrogen-bond donors (Lipinski definition) is 1. The van der Waals surface area contributed by atoms with Gasteiger partial charge in [0.1, 0.15) is 0 Å². The Kier molecular flexibility index (Phi) is 6.17. The van der Waals surface area contributed by atoms with Crippen LogP contribution in [0.1, 0.15) is 6.92 Å². The van der Waals surface area contributed by atoms with Gasteiger partial charge in [-0.3, -0.25) is 9.59 Å². The fourth-order valence-electron chi connectivity index (χ4n) is 2.34. The molecule has 1 aliphatic heterocycles. The minimum absolute atomic E-state index is 0.0222. The third-order valence-corrected chi connectivity index (χ3v) is 3.59. The summed E-state index contributed by atoms with van der Waals surface area (Å²) in [6.45, 7) is 5.03. The van der Waals surface area contributed by atoms with Crippen LogP contribution in [0.25, 0.3) is 0 Å². The lowest BCUT2D eigenvalue weighted by atomic mass is 10.2. The number of rotatable bonds is 5. The summed E-state index contributed by atoms with van der Waals surface area (Å²) in [5.74, 6) is -0.408. The summed E-state index contributed by atoms with van der Waals surface area (Å²) in [5.41, 5.74) is 1.84. The van der Waals surface area contributed by atoms with Crippen molar-refractivity contribution in [2.24, 2.45) is 0 Å². The zero-order valence-corrected chi connectivity index (χ0v) is 13.6. The van der Waals surface area contributed by atoms with Crippen LogP contribution in [0.3, 0.4) is 0 Å². The fourth-order valence-corrected chi connectivity index (χ4v) is 2.34. The molecular formula is C17H23N3O3. The summed E-state index contributed by atoms with van der Waals surface area (Å²) in [4.78, 5) is 27.2. The number of morpholine rings is 1. The summed E-state index contributed by atoms with van der Waals surface area (Å²) in [6, 6.07) is 7.71. The third kappa shape index (κ3) is 5.10. The molecule has 0 aromatic heterocycles. The molecule has 1 aromatic carbocycles. The monoisotopic (exact) mass is 317 g/mol. The molecule has 0 spiro atoms. The molecule has 0 aliphatic carbocycles. The first-order chi connectivity index (χ1) is 11.1. The minimum Gasteiger partial charge on any atom is -0.378 e. The molecule has 1 heterocycles. The Morgan fingerprint density at radius 2 is 1.91 bits per heavy atom. The SMILES string of the molecule is C/C=C/C(=O)N(C)CC(=O)Nc1ccc(N2CCOCC2)cc1. The lowest BCUT2D eigenvalue weighted by Gasteiger charge is -2.28. The van der Waals surface area contributed by atoms with E-state index < -0.39 is 0 Å². The van der Waals surface area contributed by atoms with E-state index >= 15 is 0 Å². The number of nitrogens with one attached hydrogen (secondary N) is 1. The number of nitrogens with zero attached hydrogens (tertiary/aromatic N) is 2. The Bertz CT molecular complexity index is 563. The van der Waals surface area contributed by atoms with E-state index in [9.17, 15) is 9.59 Å². The summed E-state index contributed by atoms with van der Waals surface area (Å²) in [5, 5.41) is 2.80. The number of anilines is 2. The van der Waals surface area contributed by atoms with Gasteiger partial charge in [0.05, 0.1) is 19.8 Å². The number of benzene rings is 1. The molecule has 2 amide bonds. The number of allylic oxidation sites excluding steroid dienone is 1. The molecule has 6 nitrogen and oxygen atoms in total. The molecule has 23 heavy (non-hydrogen) atoms. The maximum Gasteiger partial charge on any atom is 0.246 e. The minimum atomic E-state index is -0.218. The summed E-state index contributed by atoms with van der Waals surface area (Å²) >= 11 is 0. The van der Waals surface area contributed by atoms with E-state index in [1.165, 1.54) is 11.0 Å². The molecule has 1 N–H and O–H groups in total. The van der Waals surface area contributed by atoms with Crippen molar-refractivity contribution in [2.45, 2.75) is 6.92 Å². The zero-order chi connectivity index (χ0) is 16.7. The predicted molar refractivity (Wildman–Crippen MR) is 90.6 cm³/mol. The van der Waals surface area contributed by atoms with Crippen LogP contribution in [-0.2, 0) is 14.3 Å². The summed E-state index contributed by atoms with van der Waals surface area (Å²) < 4.78 is 5.34. The van der Waals surface area contributed by atoms with Crippen molar-refractivity contribution in [3.8, 4) is 0 Å². The molecule has 1 saturated heterocycles. The van der Waals surface area contributed by atoms with Gasteiger partial charge in [-0.2, -0.15) is 0 Å². The molecule has 0 saturated carbocycles. The van der Waals surface area contributed by atoms with E-state index in [0.717, 1.165) is 37.7 Å². The van der Waals surface area contributed by atoms with Crippen molar-refractivity contribution in [1.29, 1.82) is 0 Å². The quantitative estimate of drug-likeness (QED) is 0.836. The van der Waals surface area contributed by atoms with E-state index in [4.69, 9.17) is 4.74 Å². The number of hydrogen-bond acceptors (Lipinski definition) is 4. The highest BCUT2D eigenvalue weighted by Crippen LogP contribution is 2.18. The van der Waals surface area contributed by atoms with Crippen molar-refractivity contribution in [3.63, 3.8) is 0 Å². The van der Waals surface area contributed by atoms with Gasteiger partial charge in [-0.15, -0.1) is 0 Å². The molecule has 124 valence electrons. The predicted octanol–water partition coefficient (Wildman–Crippen LogP) is 1.50. The van der Waals surface area contributed by atoms with Crippen LogP contribution in [0.4, 0.5) is 11.4 Å². The second-order valence-corrected chi connectivity index (χ2v) is 5.39. The first-order valence-electron chi connectivity index (χ1n) is 7.70. The smallest absolute Gasteiger partial charge is 0.246 e. The van der Waals surface area contributed by atoms with Crippen molar-refractivity contribution in [1.82, 2.24) is 4.90 Å². The van der Waals surface area contributed by atoms with E-state index in [0.29, 0.717) is 0 Å². The Hall–Kier alpha value is -2.34. The normalized spacial score (nSPS) is 14.8. The van der Waals surface area contributed by atoms with Crippen LogP contribution in [0.15, 0.2) is 36.4 Å². The molecule has 6 heteroatoms. The highest BCUT2D eigenvalue weighted by atomic mass is 16.5. The molecule has 1 fully saturated rings. The maximum absolute atomic E-state index is 12.0. The second kappa shape index (κ2) is 8.33. The van der Waals surface area contributed by atoms with Gasteiger partial charge in [0.2, 0.25) is 11.8 Å². The average molecular weight is 317 g/mol. The lowest BCUT2D eigenvalue weighted by molar-refractivity contribution is -0.129. The van der Waals surface area contributed by atoms with Gasteiger partial charge in [0, 0.05) is 31.5 Å². The fraction of sp³-hybridized carbons (Fsp3) is 0.412. The van der Waals surface area contributed by atoms with Gasteiger partial charge >= 0.3 is 0 Å². The first kappa shape index (κ1) is 17.0. The molecule has 0 atom stereocenters. The summed E-state index contributed by atoms with van der Waals surface area (Å²) in [7, 11) is 1.60. The number of likely N-dealkylation sites (N-methyl/N-ethyl adjacent to an activating group) is 1. The van der Waals surface area contributed by atoms with Crippen LogP contribution in [0.2, 0.25) is 0 Å². The number of amides is 2. The number of ether oxygens (including phenoxy) is 1. The van der Waals surface area contributed by atoms with E-state index in [-0.39, 0.29) is 18.4 Å². The van der Waals surface area contributed by atoms with E-state index in [2.05, 4.69) is 10.2 Å². The van der Waals surface area contributed by atoms with Gasteiger partial charge < -0.3 is 19.9 Å². The molecule has 1 aromatic rings. The van der Waals surface area contributed by atoms with Crippen molar-refractivity contribution < 1.29 is 14.3 Å². The van der Waals surface area contributed by atoms with Gasteiger partial charge in [-0.1, -0.05) is 6.08 Å². The standard InChI is InChI=1S/C17H23N3O3/c1-3-4-17(22)19(2)13-16(21)18-14-5-7-15(8-6-14)20-9-11-23-12-10-20/h3-8H,9-13H2,1-2H3,(H,18,21)/b4-3+. The number of carbonyl (C=O) groups is 2. The highest BCUT2D eigenvalue weighted by Gasteiger charge is 2.12. The van der Waals surface area contributed by atoms with Gasteiger partial charge in [0.15, 0.2) is 0 Å². The van der Waals surface area contributed by atoms with Crippen LogP contribution < -0.4 is 10.2 Å². The van der Waals surface area contributed by atoms with Crippen LogP contribution in [0.5, 0.6) is 0 Å². The van der Waals surface area contributed by atoms with Gasteiger partial charge in [0.25, 0.3) is 0 Å². The molecular weight excluding hydrogens is 294 g/mol. The third-order valence-electron chi connectivity index (χ3n) is 3.59. The van der Waals surface area contributed by atoms with E-state index in [1.54, 1.807) is 20.0 Å². The Balaban J connectivity index is 1.87. The first-order valence-corrected chi connectivity index (χ1v) is 7.70. The van der Waals surface area contributed by atoms with Crippen LogP contribution >= 0.6 is 0 Å². The van der Waals surface area contributed by atoms with Crippen molar-refractivity contribution in [3.05, 3.63) is 36.4 Å². The number of carbonyl (C=O) groups excluding carboxylic acids is 2. The van der Waals surface area contributed by atoms with Crippen LogP contribution in [0, 0.1) is 0 Å². The van der Waals surface area contributed by atoms with Gasteiger partial charge in [-0.25, -0.2) is 0 Å². The average Bonchev–Trinajstić information content (AvgIpc) is 2.56. The van der Waals surface area contributed by atoms with Crippen molar-refractivity contribution >= 4 is 23.2 Å². The van der Waals surface area contributed by atoms with E-state index in [1.807, 2.05) is 24.3 Å². The zero-order valence-electron chi connectivity index (χ0n) is 13.6.